The fourth-order valence-electron chi connectivity index (χ4n) is 2.59. The number of rotatable bonds is 0. The Morgan fingerprint density at radius 2 is 2.00 bits per heavy atom. The maximum atomic E-state index is 9.82. The van der Waals surface area contributed by atoms with Crippen LogP contribution < -0.4 is 5.32 Å². The number of hydrogen-bond acceptors (Lipinski definition) is 2. The number of piperidine rings is 1. The van der Waals surface area contributed by atoms with Crippen molar-refractivity contribution in [1.82, 2.24) is 5.32 Å². The largest absolute Gasteiger partial charge is 0.392 e. The summed E-state index contributed by atoms with van der Waals surface area (Å²) in [5, 5.41) is 13.2. The highest BCUT2D eigenvalue weighted by molar-refractivity contribution is 4.95. The van der Waals surface area contributed by atoms with Crippen LogP contribution in [0.4, 0.5) is 0 Å². The van der Waals surface area contributed by atoms with Crippen molar-refractivity contribution in [1.29, 1.82) is 0 Å². The first-order valence-electron chi connectivity index (χ1n) is 4.72. The van der Waals surface area contributed by atoms with E-state index in [1.807, 2.05) is 0 Å². The maximum absolute atomic E-state index is 9.82. The Bertz CT molecular complexity index is 140. The van der Waals surface area contributed by atoms with Crippen molar-refractivity contribution in [2.45, 2.75) is 38.2 Å². The Morgan fingerprint density at radius 1 is 1.27 bits per heavy atom. The summed E-state index contributed by atoms with van der Waals surface area (Å²) in [5.74, 6) is 0. The van der Waals surface area contributed by atoms with E-state index in [9.17, 15) is 5.11 Å². The third-order valence-corrected chi connectivity index (χ3v) is 3.38. The summed E-state index contributed by atoms with van der Waals surface area (Å²) in [5.41, 5.74) is 0.276. The molecule has 2 heteroatoms. The van der Waals surface area contributed by atoms with Gasteiger partial charge in [-0.2, -0.15) is 0 Å². The third kappa shape index (κ3) is 1.18. The van der Waals surface area contributed by atoms with Gasteiger partial charge in [0.05, 0.1) is 6.10 Å². The maximum Gasteiger partial charge on any atom is 0.0620 e. The van der Waals surface area contributed by atoms with E-state index in [2.05, 4.69) is 5.32 Å². The van der Waals surface area contributed by atoms with Crippen LogP contribution in [0, 0.1) is 5.41 Å². The average Bonchev–Trinajstić information content (AvgIpc) is 2.46. The molecule has 1 aliphatic carbocycles. The molecule has 0 bridgehead atoms. The standard InChI is InChI=1S/C9H17NO/c11-8-3-6-10-7-9(8)4-1-2-5-9/h8,10-11H,1-7H2. The predicted molar refractivity (Wildman–Crippen MR) is 44.4 cm³/mol. The summed E-state index contributed by atoms with van der Waals surface area (Å²) < 4.78 is 0. The van der Waals surface area contributed by atoms with Gasteiger partial charge in [-0.1, -0.05) is 12.8 Å². The van der Waals surface area contributed by atoms with Crippen LogP contribution in [0.2, 0.25) is 0 Å². The molecule has 1 heterocycles. The second-order valence-electron chi connectivity index (χ2n) is 4.05. The summed E-state index contributed by atoms with van der Waals surface area (Å²) in [6.45, 7) is 2.05. The monoisotopic (exact) mass is 155 g/mol. The molecule has 2 N–H and O–H groups in total. The van der Waals surface area contributed by atoms with Crippen molar-refractivity contribution >= 4 is 0 Å². The molecule has 0 aromatic carbocycles. The van der Waals surface area contributed by atoms with Gasteiger partial charge in [-0.05, 0) is 25.8 Å². The Kier molecular flexibility index (Phi) is 1.90. The van der Waals surface area contributed by atoms with E-state index in [0.717, 1.165) is 19.5 Å². The summed E-state index contributed by atoms with van der Waals surface area (Å²) in [6.07, 6.45) is 6.05. The van der Waals surface area contributed by atoms with Crippen molar-refractivity contribution in [2.75, 3.05) is 13.1 Å². The Labute approximate surface area is 68.0 Å². The van der Waals surface area contributed by atoms with Gasteiger partial charge < -0.3 is 10.4 Å². The highest BCUT2D eigenvalue weighted by atomic mass is 16.3. The van der Waals surface area contributed by atoms with Crippen molar-refractivity contribution in [3.63, 3.8) is 0 Å². The first-order chi connectivity index (χ1) is 5.33. The first kappa shape index (κ1) is 7.56. The van der Waals surface area contributed by atoms with Gasteiger partial charge in [-0.25, -0.2) is 0 Å². The number of aliphatic hydroxyl groups excluding tert-OH is 1. The third-order valence-electron chi connectivity index (χ3n) is 3.38. The predicted octanol–water partition coefficient (Wildman–Crippen LogP) is 0.901. The molecule has 2 nitrogen and oxygen atoms in total. The zero-order chi connectivity index (χ0) is 7.73. The fourth-order valence-corrected chi connectivity index (χ4v) is 2.59. The highest BCUT2D eigenvalue weighted by Crippen LogP contribution is 2.42. The molecule has 0 amide bonds. The minimum absolute atomic E-state index is 0.0220. The SMILES string of the molecule is OC1CCNCC12CCCC2. The van der Waals surface area contributed by atoms with Crippen LogP contribution in [-0.2, 0) is 0 Å². The van der Waals surface area contributed by atoms with Crippen molar-refractivity contribution in [3.8, 4) is 0 Å². The van der Waals surface area contributed by atoms with Crippen LogP contribution in [0.15, 0.2) is 0 Å². The van der Waals surface area contributed by atoms with E-state index in [-0.39, 0.29) is 11.5 Å². The van der Waals surface area contributed by atoms with Crippen LogP contribution in [-0.4, -0.2) is 24.3 Å². The van der Waals surface area contributed by atoms with E-state index >= 15 is 0 Å². The molecule has 1 spiro atoms. The number of nitrogens with one attached hydrogen (secondary N) is 1. The van der Waals surface area contributed by atoms with E-state index in [1.165, 1.54) is 25.7 Å². The fraction of sp³-hybridized carbons (Fsp3) is 1.00. The molecule has 1 saturated carbocycles. The molecule has 1 atom stereocenters. The molecule has 2 aliphatic rings. The van der Waals surface area contributed by atoms with Crippen molar-refractivity contribution in [3.05, 3.63) is 0 Å². The topological polar surface area (TPSA) is 32.3 Å². The molecule has 0 aromatic heterocycles. The molecular weight excluding hydrogens is 138 g/mol. The van der Waals surface area contributed by atoms with Gasteiger partial charge in [0.15, 0.2) is 0 Å². The van der Waals surface area contributed by atoms with Gasteiger partial charge in [0.25, 0.3) is 0 Å². The summed E-state index contributed by atoms with van der Waals surface area (Å²) >= 11 is 0. The highest BCUT2D eigenvalue weighted by Gasteiger charge is 2.41. The summed E-state index contributed by atoms with van der Waals surface area (Å²) in [7, 11) is 0. The van der Waals surface area contributed by atoms with Gasteiger partial charge in [-0.3, -0.25) is 0 Å². The summed E-state index contributed by atoms with van der Waals surface area (Å²) in [4.78, 5) is 0. The minimum Gasteiger partial charge on any atom is -0.392 e. The lowest BCUT2D eigenvalue weighted by Crippen LogP contribution is -2.48. The molecule has 2 fully saturated rings. The molecule has 11 heavy (non-hydrogen) atoms. The zero-order valence-corrected chi connectivity index (χ0v) is 6.97. The van der Waals surface area contributed by atoms with Crippen LogP contribution >= 0.6 is 0 Å². The van der Waals surface area contributed by atoms with Gasteiger partial charge in [0.1, 0.15) is 0 Å². The number of hydrogen-bond donors (Lipinski definition) is 2. The Hall–Kier alpha value is -0.0800. The zero-order valence-electron chi connectivity index (χ0n) is 6.97. The first-order valence-corrected chi connectivity index (χ1v) is 4.72. The van der Waals surface area contributed by atoms with E-state index in [0.29, 0.717) is 0 Å². The second-order valence-corrected chi connectivity index (χ2v) is 4.05. The molecular formula is C9H17NO. The van der Waals surface area contributed by atoms with Gasteiger partial charge in [0.2, 0.25) is 0 Å². The molecule has 1 aliphatic heterocycles. The second kappa shape index (κ2) is 2.76. The molecule has 2 rings (SSSR count). The van der Waals surface area contributed by atoms with Crippen LogP contribution in [0.1, 0.15) is 32.1 Å². The normalized spacial score (nSPS) is 36.3. The minimum atomic E-state index is -0.0220. The molecule has 0 radical (unpaired) electrons. The van der Waals surface area contributed by atoms with E-state index in [1.54, 1.807) is 0 Å². The lowest BCUT2D eigenvalue weighted by atomic mass is 9.77. The van der Waals surface area contributed by atoms with Crippen LogP contribution in [0.3, 0.4) is 0 Å². The number of aliphatic hydroxyl groups is 1. The molecule has 1 unspecified atom stereocenters. The molecule has 0 aromatic rings. The lowest BCUT2D eigenvalue weighted by Gasteiger charge is -2.38. The van der Waals surface area contributed by atoms with Gasteiger partial charge in [-0.15, -0.1) is 0 Å². The molecule has 64 valence electrons. The quantitative estimate of drug-likeness (QED) is 0.545. The Morgan fingerprint density at radius 3 is 2.64 bits per heavy atom. The van der Waals surface area contributed by atoms with Gasteiger partial charge in [0, 0.05) is 12.0 Å². The van der Waals surface area contributed by atoms with E-state index in [4.69, 9.17) is 0 Å². The van der Waals surface area contributed by atoms with Gasteiger partial charge >= 0.3 is 0 Å². The van der Waals surface area contributed by atoms with E-state index < -0.39 is 0 Å². The van der Waals surface area contributed by atoms with Crippen LogP contribution in [0.5, 0.6) is 0 Å². The lowest BCUT2D eigenvalue weighted by molar-refractivity contribution is 0.00364. The van der Waals surface area contributed by atoms with Crippen LogP contribution in [0.25, 0.3) is 0 Å². The van der Waals surface area contributed by atoms with Crippen molar-refractivity contribution < 1.29 is 5.11 Å². The average molecular weight is 155 g/mol. The summed E-state index contributed by atoms with van der Waals surface area (Å²) in [6, 6.07) is 0. The smallest absolute Gasteiger partial charge is 0.0620 e. The molecule has 1 saturated heterocycles. The Balaban J connectivity index is 2.07. The van der Waals surface area contributed by atoms with Crippen molar-refractivity contribution in [2.24, 2.45) is 5.41 Å².